The molecule has 46 heavy (non-hydrogen) atoms. The van der Waals surface area contributed by atoms with Gasteiger partial charge in [-0.25, -0.2) is 18.0 Å². The van der Waals surface area contributed by atoms with Gasteiger partial charge < -0.3 is 9.47 Å². The van der Waals surface area contributed by atoms with Crippen molar-refractivity contribution in [1.82, 2.24) is 0 Å². The van der Waals surface area contributed by atoms with Crippen LogP contribution in [-0.4, -0.2) is 30.8 Å². The zero-order valence-electron chi connectivity index (χ0n) is 26.9. The lowest BCUT2D eigenvalue weighted by Crippen LogP contribution is -2.24. The molecule has 0 unspecified atom stereocenters. The summed E-state index contributed by atoms with van der Waals surface area (Å²) in [4.78, 5) is 22.7. The van der Waals surface area contributed by atoms with Gasteiger partial charge in [0.2, 0.25) is 0 Å². The third kappa shape index (κ3) is 11.7. The van der Waals surface area contributed by atoms with E-state index in [1.165, 1.54) is 25.1 Å². The number of halogens is 5. The van der Waals surface area contributed by atoms with Gasteiger partial charge in [-0.15, -0.1) is 0 Å². The first-order chi connectivity index (χ1) is 22.1. The Morgan fingerprint density at radius 2 is 1.43 bits per heavy atom. The summed E-state index contributed by atoms with van der Waals surface area (Å²) in [6.45, 7) is 2.89. The number of carbonyl (C=O) groups is 2. The van der Waals surface area contributed by atoms with E-state index in [0.717, 1.165) is 92.9 Å². The second-order valence-electron chi connectivity index (χ2n) is 12.2. The van der Waals surface area contributed by atoms with Crippen LogP contribution in [0.2, 0.25) is 0 Å². The first-order valence-electron chi connectivity index (χ1n) is 16.6. The van der Waals surface area contributed by atoms with E-state index >= 15 is 0 Å². The number of carbonyl (C=O) groups excluding carboxylic acids is 2. The maximum atomic E-state index is 14.2. The van der Waals surface area contributed by atoms with Crippen molar-refractivity contribution in [1.29, 1.82) is 0 Å². The Labute approximate surface area is 275 Å². The molecule has 0 spiro atoms. The van der Waals surface area contributed by atoms with Crippen molar-refractivity contribution in [3.05, 3.63) is 82.1 Å². The van der Waals surface area contributed by atoms with Gasteiger partial charge >= 0.3 is 11.9 Å². The van der Waals surface area contributed by atoms with E-state index in [2.05, 4.69) is 13.0 Å². The molecule has 9 heteroatoms. The molecule has 0 aliphatic heterocycles. The summed E-state index contributed by atoms with van der Waals surface area (Å²) < 4.78 is 64.0. The zero-order chi connectivity index (χ0) is 33.5. The topological polar surface area (TPSA) is 52.6 Å². The number of ether oxygens (including phenoxy) is 2. The Morgan fingerprint density at radius 1 is 0.870 bits per heavy atom. The van der Waals surface area contributed by atoms with E-state index in [1.807, 2.05) is 6.07 Å². The molecular weight excluding hydrogens is 620 g/mol. The minimum atomic E-state index is -2.78. The number of hydrogen-bond donors (Lipinski definition) is 0. The van der Waals surface area contributed by atoms with Crippen LogP contribution in [0.25, 0.3) is 0 Å². The predicted molar refractivity (Wildman–Crippen MR) is 173 cm³/mol. The standard InChI is InChI=1S/C19H24ClFO2.C18H23F3O2/c1-2-3-4-15-5-6-16(13-18(15)21)14-7-9-17(10-8-14)23-19(22)11-12-20;1-2-18(20,21)15-7-3-13(4-8-15)14-5-9-16(10-6-14)23-17(22)11-12-19/h5-6,11-14,17H,2-4,7-10H2,1H3;3-4,7-8,14,16H,2,5-6,9-12H2,1H3/b12-11+;. The fourth-order valence-corrected chi connectivity index (χ4v) is 6.30. The Bertz CT molecular complexity index is 1250. The molecule has 254 valence electrons. The molecule has 0 saturated heterocycles. The monoisotopic (exact) mass is 666 g/mol. The minimum absolute atomic E-state index is 0.0533. The number of alkyl halides is 3. The SMILES string of the molecule is CCC(F)(F)c1ccc(C2CCC(OC(=O)CCF)CC2)cc1.CCCCc1ccc(C2CCC(OC(=O)/C=C/Cl)CC2)cc1F. The van der Waals surface area contributed by atoms with Crippen molar-refractivity contribution in [3.63, 3.8) is 0 Å². The number of aryl methyl sites for hydroxylation is 1. The molecule has 2 aromatic rings. The summed E-state index contributed by atoms with van der Waals surface area (Å²) >= 11 is 5.36. The Kier molecular flexibility index (Phi) is 15.6. The molecule has 0 amide bonds. The van der Waals surface area contributed by atoms with Gasteiger partial charge in [0.1, 0.15) is 18.0 Å². The van der Waals surface area contributed by atoms with Crippen molar-refractivity contribution in [3.8, 4) is 0 Å². The van der Waals surface area contributed by atoms with Gasteiger partial charge in [-0.2, -0.15) is 0 Å². The van der Waals surface area contributed by atoms with E-state index in [0.29, 0.717) is 11.8 Å². The Hall–Kier alpha value is -2.87. The van der Waals surface area contributed by atoms with Crippen molar-refractivity contribution >= 4 is 23.5 Å². The third-order valence-electron chi connectivity index (χ3n) is 9.02. The molecule has 2 saturated carbocycles. The van der Waals surface area contributed by atoms with Crippen LogP contribution in [0.3, 0.4) is 0 Å². The summed E-state index contributed by atoms with van der Waals surface area (Å²) in [7, 11) is 0. The van der Waals surface area contributed by atoms with Gasteiger partial charge in [0, 0.05) is 23.6 Å². The van der Waals surface area contributed by atoms with Gasteiger partial charge in [0.05, 0.1) is 13.1 Å². The van der Waals surface area contributed by atoms with Crippen LogP contribution in [0.1, 0.15) is 125 Å². The average molecular weight is 667 g/mol. The number of hydrogen-bond acceptors (Lipinski definition) is 4. The average Bonchev–Trinajstić information content (AvgIpc) is 3.05. The molecule has 4 nitrogen and oxygen atoms in total. The zero-order valence-corrected chi connectivity index (χ0v) is 27.7. The fraction of sp³-hybridized carbons (Fsp3) is 0.568. The van der Waals surface area contributed by atoms with Crippen LogP contribution < -0.4 is 0 Å². The van der Waals surface area contributed by atoms with Crippen molar-refractivity contribution in [2.75, 3.05) is 6.67 Å². The normalized spacial score (nSPS) is 21.7. The molecule has 0 radical (unpaired) electrons. The van der Waals surface area contributed by atoms with Crippen LogP contribution in [0.5, 0.6) is 0 Å². The first-order valence-corrected chi connectivity index (χ1v) is 17.0. The van der Waals surface area contributed by atoms with E-state index in [1.54, 1.807) is 18.2 Å². The largest absolute Gasteiger partial charge is 0.462 e. The molecule has 2 aromatic carbocycles. The lowest BCUT2D eigenvalue weighted by Gasteiger charge is -2.28. The lowest BCUT2D eigenvalue weighted by atomic mass is 9.82. The third-order valence-corrected chi connectivity index (χ3v) is 9.15. The molecule has 0 N–H and O–H groups in total. The molecule has 4 rings (SSSR count). The molecule has 0 aromatic heterocycles. The van der Waals surface area contributed by atoms with Gasteiger partial charge in [0.15, 0.2) is 0 Å². The second-order valence-corrected chi connectivity index (χ2v) is 12.5. The molecular formula is C37H47ClF4O4. The van der Waals surface area contributed by atoms with Gasteiger partial charge in [-0.3, -0.25) is 9.18 Å². The molecule has 0 heterocycles. The van der Waals surface area contributed by atoms with Gasteiger partial charge in [-0.1, -0.05) is 68.3 Å². The Morgan fingerprint density at radius 3 is 1.96 bits per heavy atom. The van der Waals surface area contributed by atoms with E-state index < -0.39 is 24.5 Å². The van der Waals surface area contributed by atoms with Crippen LogP contribution >= 0.6 is 11.6 Å². The lowest BCUT2D eigenvalue weighted by molar-refractivity contribution is -0.151. The van der Waals surface area contributed by atoms with Crippen LogP contribution in [0.15, 0.2) is 54.1 Å². The molecule has 2 aliphatic rings. The minimum Gasteiger partial charge on any atom is -0.462 e. The maximum Gasteiger partial charge on any atom is 0.331 e. The highest BCUT2D eigenvalue weighted by Crippen LogP contribution is 2.37. The highest BCUT2D eigenvalue weighted by atomic mass is 35.5. The number of esters is 2. The maximum absolute atomic E-state index is 14.2. The molecule has 0 atom stereocenters. The number of unbranched alkanes of at least 4 members (excludes halogenated alkanes) is 1. The fourth-order valence-electron chi connectivity index (χ4n) is 6.20. The van der Waals surface area contributed by atoms with Crippen molar-refractivity contribution in [2.24, 2.45) is 0 Å². The van der Waals surface area contributed by atoms with Crippen LogP contribution in [-0.2, 0) is 31.4 Å². The number of benzene rings is 2. The predicted octanol–water partition coefficient (Wildman–Crippen LogP) is 10.6. The summed E-state index contributed by atoms with van der Waals surface area (Å²) in [6.07, 6.45) is 10.1. The van der Waals surface area contributed by atoms with Crippen LogP contribution in [0.4, 0.5) is 17.6 Å². The number of rotatable bonds is 12. The van der Waals surface area contributed by atoms with Crippen molar-refractivity contribution < 1.29 is 36.6 Å². The van der Waals surface area contributed by atoms with E-state index in [4.69, 9.17) is 21.1 Å². The highest BCUT2D eigenvalue weighted by molar-refractivity contribution is 6.26. The molecule has 2 aliphatic carbocycles. The Balaban J connectivity index is 0.000000250. The van der Waals surface area contributed by atoms with Crippen LogP contribution in [0, 0.1) is 5.82 Å². The quantitative estimate of drug-likeness (QED) is 0.128. The first kappa shape index (κ1) is 37.6. The summed E-state index contributed by atoms with van der Waals surface area (Å²) in [6, 6.07) is 12.2. The summed E-state index contributed by atoms with van der Waals surface area (Å²) in [5, 5.41) is 0. The molecule has 0 bridgehead atoms. The van der Waals surface area contributed by atoms with E-state index in [-0.39, 0.29) is 36.4 Å². The summed E-state index contributed by atoms with van der Waals surface area (Å²) in [5.41, 5.74) is 4.14. The van der Waals surface area contributed by atoms with Crippen molar-refractivity contribution in [2.45, 2.75) is 127 Å². The van der Waals surface area contributed by atoms with E-state index in [9.17, 15) is 27.2 Å². The van der Waals surface area contributed by atoms with Gasteiger partial charge in [0.25, 0.3) is 5.92 Å². The smallest absolute Gasteiger partial charge is 0.331 e. The molecule has 2 fully saturated rings. The second kappa shape index (κ2) is 19.1. The summed E-state index contributed by atoms with van der Waals surface area (Å²) in [5.74, 6) is -3.09. The van der Waals surface area contributed by atoms with Gasteiger partial charge in [-0.05, 0) is 98.8 Å². The highest BCUT2D eigenvalue weighted by Gasteiger charge is 2.30.